The van der Waals surface area contributed by atoms with Crippen LogP contribution in [0.5, 0.6) is 5.75 Å². The molecular formula is C13H22N2O2. The number of nitrogens with one attached hydrogen (secondary N) is 1. The van der Waals surface area contributed by atoms with E-state index >= 15 is 0 Å². The average Bonchev–Trinajstić information content (AvgIpc) is 2.34. The smallest absolute Gasteiger partial charge is 0.126 e. The third-order valence-corrected chi connectivity index (χ3v) is 2.98. The van der Waals surface area contributed by atoms with Crippen LogP contribution in [0.15, 0.2) is 12.1 Å². The van der Waals surface area contributed by atoms with Crippen molar-refractivity contribution in [3.8, 4) is 5.75 Å². The van der Waals surface area contributed by atoms with Gasteiger partial charge >= 0.3 is 0 Å². The van der Waals surface area contributed by atoms with E-state index in [2.05, 4.69) is 18.4 Å². The van der Waals surface area contributed by atoms with Crippen LogP contribution in [0.2, 0.25) is 0 Å². The first-order valence-electron chi connectivity index (χ1n) is 5.83. The first kappa shape index (κ1) is 14.0. The minimum atomic E-state index is -0.0517. The summed E-state index contributed by atoms with van der Waals surface area (Å²) in [7, 11) is 1.68. The number of aryl methyl sites for hydroxylation is 1. The van der Waals surface area contributed by atoms with E-state index in [0.717, 1.165) is 16.9 Å². The molecule has 17 heavy (non-hydrogen) atoms. The molecular weight excluding hydrogens is 216 g/mol. The van der Waals surface area contributed by atoms with Crippen molar-refractivity contribution in [3.05, 3.63) is 28.8 Å². The van der Waals surface area contributed by atoms with E-state index in [0.29, 0.717) is 13.2 Å². The van der Waals surface area contributed by atoms with Gasteiger partial charge in [0, 0.05) is 12.2 Å². The Morgan fingerprint density at radius 1 is 1.35 bits per heavy atom. The van der Waals surface area contributed by atoms with Crippen LogP contribution in [0.25, 0.3) is 0 Å². The Bertz CT molecular complexity index is 367. The third kappa shape index (κ3) is 3.19. The van der Waals surface area contributed by atoms with Gasteiger partial charge in [0.15, 0.2) is 0 Å². The number of ether oxygens (including phenoxy) is 2. The van der Waals surface area contributed by atoms with Crippen molar-refractivity contribution in [2.75, 3.05) is 20.3 Å². The first-order chi connectivity index (χ1) is 8.15. The molecule has 0 aliphatic rings. The fourth-order valence-electron chi connectivity index (χ4n) is 1.82. The summed E-state index contributed by atoms with van der Waals surface area (Å²) in [6.07, 6.45) is 0. The Kier molecular flexibility index (Phi) is 5.41. The molecule has 0 amide bonds. The summed E-state index contributed by atoms with van der Waals surface area (Å²) >= 11 is 0. The summed E-state index contributed by atoms with van der Waals surface area (Å²) in [4.78, 5) is 0. The van der Waals surface area contributed by atoms with Crippen LogP contribution < -0.4 is 16.0 Å². The molecule has 4 nitrogen and oxygen atoms in total. The summed E-state index contributed by atoms with van der Waals surface area (Å²) in [5.74, 6) is 6.45. The molecule has 1 aromatic carbocycles. The Morgan fingerprint density at radius 3 is 2.59 bits per heavy atom. The van der Waals surface area contributed by atoms with Crippen LogP contribution in [-0.2, 0) is 4.74 Å². The fraction of sp³-hybridized carbons (Fsp3) is 0.538. The Hall–Kier alpha value is -1.10. The van der Waals surface area contributed by atoms with E-state index in [4.69, 9.17) is 15.3 Å². The van der Waals surface area contributed by atoms with Crippen LogP contribution in [0.4, 0.5) is 0 Å². The van der Waals surface area contributed by atoms with Crippen molar-refractivity contribution in [3.63, 3.8) is 0 Å². The third-order valence-electron chi connectivity index (χ3n) is 2.98. The largest absolute Gasteiger partial charge is 0.496 e. The van der Waals surface area contributed by atoms with Gasteiger partial charge in [0.05, 0.1) is 19.8 Å². The highest BCUT2D eigenvalue weighted by molar-refractivity contribution is 5.46. The van der Waals surface area contributed by atoms with Gasteiger partial charge in [0.25, 0.3) is 0 Å². The summed E-state index contributed by atoms with van der Waals surface area (Å²) in [6.45, 7) is 7.28. The predicted octanol–water partition coefficient (Wildman–Crippen LogP) is 1.85. The van der Waals surface area contributed by atoms with E-state index < -0.39 is 0 Å². The molecule has 1 atom stereocenters. The standard InChI is InChI=1S/C13H22N2O2/c1-5-17-8-12(15-14)11-7-6-9(2)10(3)13(11)16-4/h6-7,12,15H,5,8,14H2,1-4H3. The Balaban J connectivity index is 3.06. The summed E-state index contributed by atoms with van der Waals surface area (Å²) < 4.78 is 10.9. The number of benzene rings is 1. The van der Waals surface area contributed by atoms with E-state index in [1.54, 1.807) is 7.11 Å². The number of methoxy groups -OCH3 is 1. The number of hydrogen-bond acceptors (Lipinski definition) is 4. The maximum absolute atomic E-state index is 5.57. The first-order valence-corrected chi connectivity index (χ1v) is 5.83. The van der Waals surface area contributed by atoms with Gasteiger partial charge in [-0.1, -0.05) is 12.1 Å². The Morgan fingerprint density at radius 2 is 2.06 bits per heavy atom. The lowest BCUT2D eigenvalue weighted by Gasteiger charge is -2.21. The Labute approximate surface area is 103 Å². The maximum Gasteiger partial charge on any atom is 0.126 e. The number of nitrogens with two attached hydrogens (primary N) is 1. The molecule has 1 unspecified atom stereocenters. The van der Waals surface area contributed by atoms with Crippen LogP contribution in [0.3, 0.4) is 0 Å². The summed E-state index contributed by atoms with van der Waals surface area (Å²) in [5, 5.41) is 0. The van der Waals surface area contributed by atoms with E-state index in [1.165, 1.54) is 5.56 Å². The highest BCUT2D eigenvalue weighted by atomic mass is 16.5. The second kappa shape index (κ2) is 6.59. The normalized spacial score (nSPS) is 12.5. The summed E-state index contributed by atoms with van der Waals surface area (Å²) in [6, 6.07) is 4.05. The molecule has 0 saturated carbocycles. The van der Waals surface area contributed by atoms with Crippen molar-refractivity contribution >= 4 is 0 Å². The highest BCUT2D eigenvalue weighted by Gasteiger charge is 2.17. The minimum absolute atomic E-state index is 0.0517. The van der Waals surface area contributed by atoms with Crippen molar-refractivity contribution in [1.29, 1.82) is 0 Å². The van der Waals surface area contributed by atoms with Gasteiger partial charge in [-0.25, -0.2) is 0 Å². The lowest BCUT2D eigenvalue weighted by molar-refractivity contribution is 0.122. The zero-order valence-electron chi connectivity index (χ0n) is 11.0. The van der Waals surface area contributed by atoms with E-state index in [9.17, 15) is 0 Å². The molecule has 0 bridgehead atoms. The molecule has 96 valence electrons. The van der Waals surface area contributed by atoms with Gasteiger partial charge in [0.2, 0.25) is 0 Å². The molecule has 0 radical (unpaired) electrons. The topological polar surface area (TPSA) is 56.5 Å². The van der Waals surface area contributed by atoms with Crippen LogP contribution >= 0.6 is 0 Å². The van der Waals surface area contributed by atoms with Crippen LogP contribution in [-0.4, -0.2) is 20.3 Å². The van der Waals surface area contributed by atoms with E-state index in [-0.39, 0.29) is 6.04 Å². The van der Waals surface area contributed by atoms with Crippen molar-refractivity contribution < 1.29 is 9.47 Å². The lowest BCUT2D eigenvalue weighted by atomic mass is 10.00. The van der Waals surface area contributed by atoms with E-state index in [1.807, 2.05) is 19.9 Å². The molecule has 0 aliphatic heterocycles. The molecule has 0 heterocycles. The fourth-order valence-corrected chi connectivity index (χ4v) is 1.82. The minimum Gasteiger partial charge on any atom is -0.496 e. The lowest BCUT2D eigenvalue weighted by Crippen LogP contribution is -2.31. The molecule has 4 heteroatoms. The number of hydrogen-bond donors (Lipinski definition) is 2. The SMILES string of the molecule is CCOCC(NN)c1ccc(C)c(C)c1OC. The molecule has 3 N–H and O–H groups in total. The van der Waals surface area contributed by atoms with Gasteiger partial charge in [-0.3, -0.25) is 11.3 Å². The predicted molar refractivity (Wildman–Crippen MR) is 69.0 cm³/mol. The van der Waals surface area contributed by atoms with Crippen LogP contribution in [0, 0.1) is 13.8 Å². The van der Waals surface area contributed by atoms with Gasteiger partial charge < -0.3 is 9.47 Å². The van der Waals surface area contributed by atoms with Gasteiger partial charge in [-0.15, -0.1) is 0 Å². The maximum atomic E-state index is 5.57. The molecule has 0 aliphatic carbocycles. The zero-order chi connectivity index (χ0) is 12.8. The zero-order valence-corrected chi connectivity index (χ0v) is 11.0. The molecule has 0 fully saturated rings. The van der Waals surface area contributed by atoms with Crippen molar-refractivity contribution in [2.24, 2.45) is 5.84 Å². The van der Waals surface area contributed by atoms with Crippen molar-refractivity contribution in [1.82, 2.24) is 5.43 Å². The molecule has 0 aromatic heterocycles. The van der Waals surface area contributed by atoms with Gasteiger partial charge in [-0.2, -0.15) is 0 Å². The molecule has 0 spiro atoms. The van der Waals surface area contributed by atoms with Gasteiger partial charge in [0.1, 0.15) is 5.75 Å². The highest BCUT2D eigenvalue weighted by Crippen LogP contribution is 2.30. The quantitative estimate of drug-likeness (QED) is 0.586. The van der Waals surface area contributed by atoms with Crippen molar-refractivity contribution in [2.45, 2.75) is 26.8 Å². The number of hydrazine groups is 1. The average molecular weight is 238 g/mol. The number of rotatable bonds is 6. The van der Waals surface area contributed by atoms with Gasteiger partial charge in [-0.05, 0) is 31.9 Å². The second-order valence-corrected chi connectivity index (χ2v) is 4.01. The molecule has 1 aromatic rings. The van der Waals surface area contributed by atoms with Crippen LogP contribution in [0.1, 0.15) is 29.7 Å². The molecule has 0 saturated heterocycles. The monoisotopic (exact) mass is 238 g/mol. The molecule has 1 rings (SSSR count). The second-order valence-electron chi connectivity index (χ2n) is 4.01. The summed E-state index contributed by atoms with van der Waals surface area (Å²) in [5.41, 5.74) is 6.15.